The zero-order chi connectivity index (χ0) is 23.2. The molecule has 2 aromatic heterocycles. The molecule has 1 saturated heterocycles. The molecule has 1 aliphatic rings. The van der Waals surface area contributed by atoms with Crippen molar-refractivity contribution in [3.8, 4) is 17.8 Å². The van der Waals surface area contributed by atoms with E-state index in [1.165, 1.54) is 0 Å². The van der Waals surface area contributed by atoms with E-state index in [4.69, 9.17) is 4.98 Å². The predicted molar refractivity (Wildman–Crippen MR) is 130 cm³/mol. The molecule has 7 nitrogen and oxygen atoms in total. The van der Waals surface area contributed by atoms with Crippen molar-refractivity contribution in [2.75, 3.05) is 38.1 Å². The average molecular weight is 458 g/mol. The highest BCUT2D eigenvalue weighted by Crippen LogP contribution is 2.34. The molecule has 3 aromatic rings. The minimum Gasteiger partial charge on any atom is -0.354 e. The van der Waals surface area contributed by atoms with Gasteiger partial charge in [0.2, 0.25) is 0 Å². The Morgan fingerprint density at radius 1 is 1.03 bits per heavy atom. The number of imidazole rings is 1. The summed E-state index contributed by atoms with van der Waals surface area (Å²) in [6.45, 7) is 5.65. The fourth-order valence-electron chi connectivity index (χ4n) is 4.10. The van der Waals surface area contributed by atoms with Gasteiger partial charge in [0.15, 0.2) is 0 Å². The molecule has 0 unspecified atom stereocenters. The van der Waals surface area contributed by atoms with Crippen molar-refractivity contribution in [3.05, 3.63) is 65.2 Å². The second kappa shape index (κ2) is 10.5. The first kappa shape index (κ1) is 22.8. The second-order valence-electron chi connectivity index (χ2n) is 8.12. The molecule has 0 atom stereocenters. The van der Waals surface area contributed by atoms with Gasteiger partial charge in [-0.05, 0) is 49.7 Å². The fraction of sp³-hybridized carbons (Fsp3) is 0.360. The van der Waals surface area contributed by atoms with Crippen molar-refractivity contribution in [1.82, 2.24) is 19.4 Å². The van der Waals surface area contributed by atoms with Gasteiger partial charge in [0.1, 0.15) is 23.0 Å². The van der Waals surface area contributed by atoms with E-state index in [0.29, 0.717) is 28.3 Å². The lowest BCUT2D eigenvalue weighted by Gasteiger charge is -2.25. The molecule has 33 heavy (non-hydrogen) atoms. The quantitative estimate of drug-likeness (QED) is 0.517. The van der Waals surface area contributed by atoms with Crippen molar-refractivity contribution < 1.29 is 0 Å². The number of hydrogen-bond donors (Lipinski definition) is 0. The molecule has 0 amide bonds. The van der Waals surface area contributed by atoms with Crippen LogP contribution >= 0.6 is 11.8 Å². The van der Waals surface area contributed by atoms with Crippen LogP contribution in [-0.2, 0) is 12.2 Å². The topological polar surface area (TPSA) is 84.8 Å². The summed E-state index contributed by atoms with van der Waals surface area (Å²) < 4.78 is 1.96. The van der Waals surface area contributed by atoms with Crippen molar-refractivity contribution >= 4 is 17.6 Å². The molecular formula is C25H27N7S. The Bertz CT molecular complexity index is 1170. The van der Waals surface area contributed by atoms with Gasteiger partial charge in [-0.25, -0.2) is 9.97 Å². The fourth-order valence-corrected chi connectivity index (χ4v) is 5.06. The van der Waals surface area contributed by atoms with E-state index in [9.17, 15) is 10.5 Å². The smallest absolute Gasteiger partial charge is 0.148 e. The number of anilines is 1. The first-order valence-electron chi connectivity index (χ1n) is 11.1. The van der Waals surface area contributed by atoms with Crippen molar-refractivity contribution in [2.45, 2.75) is 30.5 Å². The standard InChI is InChI=1S/C25H27N7S/c1-3-21-22(15-26)24(31-11-4-10-30(2)13-14-31)29-25(23(21)16-27)33-17-19-5-7-20(8-6-19)32-12-9-28-18-32/h5-9,12,18H,3-4,10-11,13-14,17H2,1-2H3. The molecule has 168 valence electrons. The molecule has 0 saturated carbocycles. The Morgan fingerprint density at radius 2 is 1.82 bits per heavy atom. The van der Waals surface area contributed by atoms with Crippen LogP contribution in [0.4, 0.5) is 5.82 Å². The number of thioether (sulfide) groups is 1. The highest BCUT2D eigenvalue weighted by atomic mass is 32.2. The molecule has 1 aliphatic heterocycles. The van der Waals surface area contributed by atoms with Crippen LogP contribution in [0.25, 0.3) is 5.69 Å². The van der Waals surface area contributed by atoms with E-state index < -0.39 is 0 Å². The maximum absolute atomic E-state index is 9.96. The van der Waals surface area contributed by atoms with Crippen molar-refractivity contribution in [3.63, 3.8) is 0 Å². The summed E-state index contributed by atoms with van der Waals surface area (Å²) in [5.41, 5.74) is 4.09. The largest absolute Gasteiger partial charge is 0.354 e. The van der Waals surface area contributed by atoms with Crippen LogP contribution in [0.1, 0.15) is 35.6 Å². The molecule has 0 radical (unpaired) electrons. The number of likely N-dealkylation sites (N-methyl/N-ethyl adjacent to an activating group) is 1. The number of aromatic nitrogens is 3. The lowest BCUT2D eigenvalue weighted by Crippen LogP contribution is -2.30. The first-order valence-corrected chi connectivity index (χ1v) is 12.1. The van der Waals surface area contributed by atoms with Crippen molar-refractivity contribution in [1.29, 1.82) is 10.5 Å². The molecule has 3 heterocycles. The minimum absolute atomic E-state index is 0.532. The number of benzene rings is 1. The van der Waals surface area contributed by atoms with Gasteiger partial charge in [0.05, 0.1) is 17.5 Å². The first-order chi connectivity index (χ1) is 16.1. The summed E-state index contributed by atoms with van der Waals surface area (Å²) in [6.07, 6.45) is 7.10. The van der Waals surface area contributed by atoms with E-state index in [1.54, 1.807) is 24.3 Å². The minimum atomic E-state index is 0.532. The van der Waals surface area contributed by atoms with Crippen LogP contribution in [-0.4, -0.2) is 52.7 Å². The molecule has 0 aliphatic carbocycles. The number of nitriles is 2. The maximum atomic E-state index is 9.96. The Kier molecular flexibility index (Phi) is 7.29. The van der Waals surface area contributed by atoms with Crippen LogP contribution in [0.3, 0.4) is 0 Å². The average Bonchev–Trinajstić information content (AvgIpc) is 3.30. The molecule has 1 fully saturated rings. The van der Waals surface area contributed by atoms with Gasteiger partial charge in [-0.2, -0.15) is 10.5 Å². The van der Waals surface area contributed by atoms with Crippen LogP contribution in [0.2, 0.25) is 0 Å². The normalized spacial score (nSPS) is 14.5. The second-order valence-corrected chi connectivity index (χ2v) is 9.08. The molecule has 0 N–H and O–H groups in total. The highest BCUT2D eigenvalue weighted by molar-refractivity contribution is 7.98. The Hall–Kier alpha value is -3.33. The molecule has 4 rings (SSSR count). The van der Waals surface area contributed by atoms with Crippen LogP contribution < -0.4 is 4.90 Å². The van der Waals surface area contributed by atoms with E-state index in [1.807, 2.05) is 17.7 Å². The summed E-state index contributed by atoms with van der Waals surface area (Å²) in [4.78, 5) is 13.5. The van der Waals surface area contributed by atoms with Gasteiger partial charge in [-0.3, -0.25) is 0 Å². The Labute approximate surface area is 199 Å². The third-order valence-corrected chi connectivity index (χ3v) is 7.01. The van der Waals surface area contributed by atoms with Crippen LogP contribution in [0, 0.1) is 22.7 Å². The van der Waals surface area contributed by atoms with Gasteiger partial charge in [0, 0.05) is 43.5 Å². The lowest BCUT2D eigenvalue weighted by atomic mass is 10.0. The monoisotopic (exact) mass is 457 g/mol. The Balaban J connectivity index is 1.63. The third-order valence-electron chi connectivity index (χ3n) is 5.96. The zero-order valence-electron chi connectivity index (χ0n) is 19.0. The number of nitrogens with zero attached hydrogens (tertiary/aromatic N) is 7. The highest BCUT2D eigenvalue weighted by Gasteiger charge is 2.24. The SMILES string of the molecule is CCc1c(C#N)c(SCc2ccc(-n3ccnc3)cc2)nc(N2CCCN(C)CC2)c1C#N. The Morgan fingerprint density at radius 3 is 2.48 bits per heavy atom. The van der Waals surface area contributed by atoms with Gasteiger partial charge >= 0.3 is 0 Å². The summed E-state index contributed by atoms with van der Waals surface area (Å²) in [6, 6.07) is 13.0. The summed E-state index contributed by atoms with van der Waals surface area (Å²) in [5.74, 6) is 1.42. The lowest BCUT2D eigenvalue weighted by molar-refractivity contribution is 0.360. The molecule has 0 spiro atoms. The van der Waals surface area contributed by atoms with Gasteiger partial charge in [-0.1, -0.05) is 19.1 Å². The van der Waals surface area contributed by atoms with Gasteiger partial charge in [-0.15, -0.1) is 11.8 Å². The number of rotatable bonds is 6. The van der Waals surface area contributed by atoms with E-state index in [-0.39, 0.29) is 0 Å². The van der Waals surface area contributed by atoms with Gasteiger partial charge in [0.25, 0.3) is 0 Å². The molecule has 0 bridgehead atoms. The maximum Gasteiger partial charge on any atom is 0.148 e. The molecular weight excluding hydrogens is 430 g/mol. The summed E-state index contributed by atoms with van der Waals surface area (Å²) in [7, 11) is 2.12. The summed E-state index contributed by atoms with van der Waals surface area (Å²) in [5, 5.41) is 20.6. The van der Waals surface area contributed by atoms with Crippen LogP contribution in [0.5, 0.6) is 0 Å². The van der Waals surface area contributed by atoms with E-state index >= 15 is 0 Å². The summed E-state index contributed by atoms with van der Waals surface area (Å²) >= 11 is 1.56. The number of hydrogen-bond acceptors (Lipinski definition) is 7. The predicted octanol–water partition coefficient (Wildman–Crippen LogP) is 4.01. The van der Waals surface area contributed by atoms with E-state index in [0.717, 1.165) is 55.2 Å². The zero-order valence-corrected chi connectivity index (χ0v) is 19.8. The third kappa shape index (κ3) is 5.03. The number of pyridine rings is 1. The molecule has 8 heteroatoms. The van der Waals surface area contributed by atoms with Crippen LogP contribution in [0.15, 0.2) is 48.0 Å². The van der Waals surface area contributed by atoms with Crippen molar-refractivity contribution in [2.24, 2.45) is 0 Å². The van der Waals surface area contributed by atoms with E-state index in [2.05, 4.69) is 58.2 Å². The molecule has 1 aromatic carbocycles. The van der Waals surface area contributed by atoms with Gasteiger partial charge < -0.3 is 14.4 Å².